The van der Waals surface area contributed by atoms with Crippen LogP contribution in [0.15, 0.2) is 27.7 Å². The summed E-state index contributed by atoms with van der Waals surface area (Å²) in [5, 5.41) is 12.7. The minimum atomic E-state index is -0.209. The topological polar surface area (TPSA) is 106 Å². The lowest BCUT2D eigenvalue weighted by Gasteiger charge is -2.12. The molecule has 4 rings (SSSR count). The number of hydrogen-bond donors (Lipinski definition) is 2. The van der Waals surface area contributed by atoms with Crippen molar-refractivity contribution in [3.63, 3.8) is 0 Å². The van der Waals surface area contributed by atoms with Gasteiger partial charge in [-0.1, -0.05) is 11.8 Å². The molecule has 10 heteroatoms. The normalized spacial score (nSPS) is 16.8. The maximum atomic E-state index is 12.5. The van der Waals surface area contributed by atoms with E-state index in [0.717, 1.165) is 0 Å². The van der Waals surface area contributed by atoms with Crippen molar-refractivity contribution in [3.8, 4) is 0 Å². The molecule has 0 radical (unpaired) electrons. The summed E-state index contributed by atoms with van der Waals surface area (Å²) in [4.78, 5) is 33.0. The third-order valence-electron chi connectivity index (χ3n) is 3.35. The first kappa shape index (κ1) is 13.5. The third kappa shape index (κ3) is 2.20. The van der Waals surface area contributed by atoms with E-state index in [4.69, 9.17) is 0 Å². The van der Waals surface area contributed by atoms with Gasteiger partial charge < -0.3 is 5.32 Å². The van der Waals surface area contributed by atoms with Gasteiger partial charge in [-0.05, 0) is 0 Å². The van der Waals surface area contributed by atoms with Crippen LogP contribution in [0.2, 0.25) is 0 Å². The van der Waals surface area contributed by atoms with Crippen LogP contribution < -0.4 is 10.9 Å². The van der Waals surface area contributed by atoms with Gasteiger partial charge >= 0.3 is 0 Å². The summed E-state index contributed by atoms with van der Waals surface area (Å²) in [6, 6.07) is -0.209. The van der Waals surface area contributed by atoms with Crippen molar-refractivity contribution in [1.82, 2.24) is 24.7 Å². The molecule has 0 saturated heterocycles. The standard InChI is InChI=1S/C12H10N6O2S2/c19-8(15-11-13-1-2-21-11)3-6-5-22-12-16-9-7(4-14-17-9)10(20)18(6)12/h1-2,4,6H,3,5H2,(H,14,17)(H,13,15,19). The van der Waals surface area contributed by atoms with Crippen LogP contribution >= 0.6 is 23.1 Å². The predicted molar refractivity (Wildman–Crippen MR) is 83.3 cm³/mol. The fourth-order valence-electron chi connectivity index (χ4n) is 2.38. The fraction of sp³-hybridized carbons (Fsp3) is 0.250. The molecule has 4 heterocycles. The van der Waals surface area contributed by atoms with Crippen LogP contribution in [0.4, 0.5) is 5.13 Å². The summed E-state index contributed by atoms with van der Waals surface area (Å²) in [5.41, 5.74) is 0.322. The molecule has 0 bridgehead atoms. The van der Waals surface area contributed by atoms with Crippen molar-refractivity contribution in [2.45, 2.75) is 17.6 Å². The lowest BCUT2D eigenvalue weighted by Crippen LogP contribution is -2.27. The van der Waals surface area contributed by atoms with Crippen LogP contribution in [0.1, 0.15) is 12.5 Å². The van der Waals surface area contributed by atoms with Gasteiger partial charge in [0.25, 0.3) is 5.56 Å². The molecule has 2 N–H and O–H groups in total. The number of nitrogens with zero attached hydrogens (tertiary/aromatic N) is 4. The minimum absolute atomic E-state index is 0.160. The maximum Gasteiger partial charge on any atom is 0.265 e. The van der Waals surface area contributed by atoms with Crippen molar-refractivity contribution in [3.05, 3.63) is 28.1 Å². The molecule has 0 spiro atoms. The first-order valence-electron chi connectivity index (χ1n) is 6.50. The number of aromatic nitrogens is 5. The van der Waals surface area contributed by atoms with E-state index >= 15 is 0 Å². The number of nitrogens with one attached hydrogen (secondary N) is 2. The van der Waals surface area contributed by atoms with Gasteiger partial charge in [0, 0.05) is 23.8 Å². The number of carbonyl (C=O) groups excluding carboxylic acids is 1. The molecule has 0 fully saturated rings. The van der Waals surface area contributed by atoms with Crippen LogP contribution in [0, 0.1) is 0 Å². The Bertz CT molecular complexity index is 900. The molecule has 8 nitrogen and oxygen atoms in total. The second kappa shape index (κ2) is 5.21. The van der Waals surface area contributed by atoms with Crippen LogP contribution in [0.5, 0.6) is 0 Å². The molecule has 0 aliphatic carbocycles. The largest absolute Gasteiger partial charge is 0.302 e. The Balaban J connectivity index is 1.61. The average molecular weight is 334 g/mol. The Morgan fingerprint density at radius 1 is 1.55 bits per heavy atom. The Hall–Kier alpha value is -2.20. The summed E-state index contributed by atoms with van der Waals surface area (Å²) >= 11 is 2.83. The maximum absolute atomic E-state index is 12.5. The number of rotatable bonds is 3. The number of H-pyrrole nitrogens is 1. The summed E-state index contributed by atoms with van der Waals surface area (Å²) in [6.07, 6.45) is 3.31. The van der Waals surface area contributed by atoms with Crippen LogP contribution in [-0.2, 0) is 4.79 Å². The third-order valence-corrected chi connectivity index (χ3v) is 5.14. The fourth-order valence-corrected chi connectivity index (χ4v) is 4.06. The van der Waals surface area contributed by atoms with Gasteiger partial charge in [0.2, 0.25) is 5.91 Å². The Morgan fingerprint density at radius 3 is 3.27 bits per heavy atom. The van der Waals surface area contributed by atoms with Gasteiger partial charge in [-0.3, -0.25) is 19.3 Å². The molecule has 1 aliphatic heterocycles. The van der Waals surface area contributed by atoms with Crippen molar-refractivity contribution >= 4 is 45.2 Å². The molecule has 0 aromatic carbocycles. The van der Waals surface area contributed by atoms with Crippen molar-refractivity contribution in [2.24, 2.45) is 0 Å². The van der Waals surface area contributed by atoms with Gasteiger partial charge in [-0.2, -0.15) is 5.10 Å². The molecule has 1 atom stereocenters. The molecule has 1 unspecified atom stereocenters. The lowest BCUT2D eigenvalue weighted by atomic mass is 10.2. The highest BCUT2D eigenvalue weighted by molar-refractivity contribution is 7.99. The highest BCUT2D eigenvalue weighted by atomic mass is 32.2. The first-order chi connectivity index (χ1) is 10.7. The predicted octanol–water partition coefficient (Wildman–Crippen LogP) is 1.25. The van der Waals surface area contributed by atoms with Crippen molar-refractivity contribution in [1.29, 1.82) is 0 Å². The highest BCUT2D eigenvalue weighted by Gasteiger charge is 2.28. The van der Waals surface area contributed by atoms with E-state index in [9.17, 15) is 9.59 Å². The van der Waals surface area contributed by atoms with Crippen molar-refractivity contribution in [2.75, 3.05) is 11.1 Å². The molecule has 1 aliphatic rings. The molecule has 3 aromatic rings. The van der Waals surface area contributed by atoms with E-state index in [2.05, 4.69) is 25.5 Å². The van der Waals surface area contributed by atoms with Crippen LogP contribution in [0.3, 0.4) is 0 Å². The number of amides is 1. The summed E-state index contributed by atoms with van der Waals surface area (Å²) in [5.74, 6) is 0.487. The quantitative estimate of drug-likeness (QED) is 0.698. The Labute approximate surface area is 132 Å². The number of carbonyl (C=O) groups is 1. The zero-order chi connectivity index (χ0) is 15.1. The van der Waals surface area contributed by atoms with E-state index in [1.807, 2.05) is 0 Å². The van der Waals surface area contributed by atoms with Crippen LogP contribution in [0.25, 0.3) is 11.0 Å². The SMILES string of the molecule is O=C(CC1CSc2nc3[nH]ncc3c(=O)n21)Nc1nccs1. The monoisotopic (exact) mass is 334 g/mol. The molecule has 112 valence electrons. The number of fused-ring (bicyclic) bond motifs is 2. The molecule has 0 saturated carbocycles. The van der Waals surface area contributed by atoms with Crippen molar-refractivity contribution < 1.29 is 4.79 Å². The zero-order valence-electron chi connectivity index (χ0n) is 11.1. The Kier molecular flexibility index (Phi) is 3.19. The average Bonchev–Trinajstić information content (AvgIpc) is 3.20. The smallest absolute Gasteiger partial charge is 0.265 e. The second-order valence-corrected chi connectivity index (χ2v) is 6.64. The highest BCUT2D eigenvalue weighted by Crippen LogP contribution is 2.33. The molecular weight excluding hydrogens is 324 g/mol. The number of hydrogen-bond acceptors (Lipinski definition) is 7. The molecule has 3 aromatic heterocycles. The van der Waals surface area contributed by atoms with Gasteiger partial charge in [0.05, 0.1) is 12.2 Å². The van der Waals surface area contributed by atoms with E-state index in [1.54, 1.807) is 16.1 Å². The summed E-state index contributed by atoms with van der Waals surface area (Å²) < 4.78 is 1.59. The first-order valence-corrected chi connectivity index (χ1v) is 8.36. The van der Waals surface area contributed by atoms with E-state index in [0.29, 0.717) is 27.1 Å². The van der Waals surface area contributed by atoms with Gasteiger partial charge in [0.15, 0.2) is 15.9 Å². The van der Waals surface area contributed by atoms with Gasteiger partial charge in [-0.15, -0.1) is 11.3 Å². The second-order valence-electron chi connectivity index (χ2n) is 4.76. The van der Waals surface area contributed by atoms with Gasteiger partial charge in [-0.25, -0.2) is 9.97 Å². The van der Waals surface area contributed by atoms with E-state index in [-0.39, 0.29) is 23.9 Å². The molecule has 22 heavy (non-hydrogen) atoms. The Morgan fingerprint density at radius 2 is 2.45 bits per heavy atom. The number of thiazole rings is 1. The molecule has 1 amide bonds. The lowest BCUT2D eigenvalue weighted by molar-refractivity contribution is -0.116. The number of thioether (sulfide) groups is 1. The summed E-state index contributed by atoms with van der Waals surface area (Å²) in [6.45, 7) is 0. The van der Waals surface area contributed by atoms with Crippen LogP contribution in [-0.4, -0.2) is 36.4 Å². The van der Waals surface area contributed by atoms with E-state index < -0.39 is 0 Å². The number of aromatic amines is 1. The zero-order valence-corrected chi connectivity index (χ0v) is 12.8. The summed E-state index contributed by atoms with van der Waals surface area (Å²) in [7, 11) is 0. The van der Waals surface area contributed by atoms with Gasteiger partial charge in [0.1, 0.15) is 5.39 Å². The molecular formula is C12H10N6O2S2. The number of anilines is 1. The van der Waals surface area contributed by atoms with E-state index in [1.165, 1.54) is 29.3 Å². The minimum Gasteiger partial charge on any atom is -0.302 e.